The summed E-state index contributed by atoms with van der Waals surface area (Å²) in [6, 6.07) is 3.04. The number of alkyl halides is 4. The number of nitrogens with zero attached hydrogens (tertiary/aromatic N) is 2. The molecule has 2 aromatic rings. The van der Waals surface area contributed by atoms with Crippen LogP contribution in [-0.4, -0.2) is 46.4 Å². The van der Waals surface area contributed by atoms with E-state index in [2.05, 4.69) is 21.2 Å². The van der Waals surface area contributed by atoms with Crippen LogP contribution in [0.5, 0.6) is 0 Å². The lowest BCUT2D eigenvalue weighted by Gasteiger charge is -2.32. The average molecular weight is 578 g/mol. The van der Waals surface area contributed by atoms with Crippen molar-refractivity contribution in [2.24, 2.45) is 0 Å². The van der Waals surface area contributed by atoms with Crippen molar-refractivity contribution in [1.82, 2.24) is 15.1 Å². The summed E-state index contributed by atoms with van der Waals surface area (Å²) in [5.41, 5.74) is -1.98. The van der Waals surface area contributed by atoms with Gasteiger partial charge in [0, 0.05) is 13.0 Å². The molecule has 0 bridgehead atoms. The molecule has 0 radical (unpaired) electrons. The Balaban J connectivity index is 1.62. The van der Waals surface area contributed by atoms with E-state index in [0.29, 0.717) is 9.80 Å². The number of imide groups is 1. The first-order chi connectivity index (χ1) is 16.7. The first kappa shape index (κ1) is 26.0. The summed E-state index contributed by atoms with van der Waals surface area (Å²) in [4.78, 5) is 39.7. The van der Waals surface area contributed by atoms with Gasteiger partial charge < -0.3 is 10.2 Å². The number of urea groups is 1. The Bertz CT molecular complexity index is 1240. The molecule has 0 saturated carbocycles. The second-order valence-electron chi connectivity index (χ2n) is 8.62. The van der Waals surface area contributed by atoms with Gasteiger partial charge in [-0.05, 0) is 63.8 Å². The summed E-state index contributed by atoms with van der Waals surface area (Å²) in [6.45, 7) is -0.918. The van der Waals surface area contributed by atoms with Crippen molar-refractivity contribution in [3.8, 4) is 0 Å². The van der Waals surface area contributed by atoms with Gasteiger partial charge in [-0.1, -0.05) is 12.1 Å². The zero-order chi connectivity index (χ0) is 26.6. The molecule has 1 saturated heterocycles. The molecule has 1 aliphatic carbocycles. The third-order valence-corrected chi connectivity index (χ3v) is 6.98. The van der Waals surface area contributed by atoms with Crippen LogP contribution in [0.25, 0.3) is 0 Å². The van der Waals surface area contributed by atoms with Crippen molar-refractivity contribution in [2.45, 2.75) is 43.8 Å². The van der Waals surface area contributed by atoms with Gasteiger partial charge in [0.15, 0.2) is 0 Å². The highest BCUT2D eigenvalue weighted by atomic mass is 79.9. The molecule has 1 N–H and O–H groups in total. The molecule has 6 nitrogen and oxygen atoms in total. The molecular weight excluding hydrogens is 560 g/mol. The van der Waals surface area contributed by atoms with Crippen LogP contribution in [0.15, 0.2) is 40.9 Å². The zero-order valence-corrected chi connectivity index (χ0v) is 20.1. The minimum Gasteiger partial charge on any atom is -0.325 e. The molecular formula is C23H18BrF6N3O3. The van der Waals surface area contributed by atoms with Crippen molar-refractivity contribution in [2.75, 3.05) is 6.54 Å². The van der Waals surface area contributed by atoms with Crippen LogP contribution in [-0.2, 0) is 21.7 Å². The van der Waals surface area contributed by atoms with Gasteiger partial charge >= 0.3 is 12.2 Å². The van der Waals surface area contributed by atoms with Crippen molar-refractivity contribution >= 4 is 33.8 Å². The number of hydrogen-bond donors (Lipinski definition) is 1. The maximum Gasteiger partial charge on any atom is 0.408 e. The molecule has 13 heteroatoms. The number of carbonyl (C=O) groups excluding carboxylic acids is 3. The van der Waals surface area contributed by atoms with Crippen LogP contribution in [0.1, 0.15) is 36.2 Å². The third-order valence-electron chi connectivity index (χ3n) is 6.37. The fraction of sp³-hybridized carbons (Fsp3) is 0.348. The Morgan fingerprint density at radius 2 is 1.86 bits per heavy atom. The lowest BCUT2D eigenvalue weighted by atomic mass is 9.91. The van der Waals surface area contributed by atoms with Crippen molar-refractivity contribution < 1.29 is 40.7 Å². The van der Waals surface area contributed by atoms with Gasteiger partial charge in [-0.25, -0.2) is 18.0 Å². The predicted octanol–water partition coefficient (Wildman–Crippen LogP) is 4.87. The van der Waals surface area contributed by atoms with Crippen molar-refractivity contribution in [3.05, 3.63) is 69.2 Å². The average Bonchev–Trinajstić information content (AvgIpc) is 3.19. The van der Waals surface area contributed by atoms with Crippen LogP contribution in [0.2, 0.25) is 0 Å². The van der Waals surface area contributed by atoms with Gasteiger partial charge in [0.05, 0.1) is 4.47 Å². The molecule has 2 aliphatic rings. The fourth-order valence-corrected chi connectivity index (χ4v) is 4.76. The van der Waals surface area contributed by atoms with Gasteiger partial charge in [-0.15, -0.1) is 0 Å². The lowest BCUT2D eigenvalue weighted by Crippen LogP contribution is -2.51. The number of benzene rings is 2. The van der Waals surface area contributed by atoms with E-state index in [4.69, 9.17) is 0 Å². The number of nitrogens with one attached hydrogen (secondary N) is 1. The molecule has 1 aliphatic heterocycles. The Morgan fingerprint density at radius 3 is 2.47 bits per heavy atom. The summed E-state index contributed by atoms with van der Waals surface area (Å²) >= 11 is 2.93. The monoisotopic (exact) mass is 577 g/mol. The van der Waals surface area contributed by atoms with Crippen LogP contribution < -0.4 is 5.32 Å². The molecule has 192 valence electrons. The number of hydrogen-bond acceptors (Lipinski definition) is 3. The van der Waals surface area contributed by atoms with E-state index in [1.807, 2.05) is 0 Å². The molecule has 3 atom stereocenters. The van der Waals surface area contributed by atoms with E-state index in [-0.39, 0.29) is 21.2 Å². The fourth-order valence-electron chi connectivity index (χ4n) is 4.40. The molecule has 4 rings (SSSR count). The van der Waals surface area contributed by atoms with Crippen LogP contribution in [0.4, 0.5) is 31.1 Å². The first-order valence-electron chi connectivity index (χ1n) is 10.6. The van der Waals surface area contributed by atoms with E-state index in [9.17, 15) is 40.7 Å². The second kappa shape index (κ2) is 9.09. The highest BCUT2D eigenvalue weighted by Gasteiger charge is 2.59. The number of carbonyl (C=O) groups is 3. The SMILES string of the molecule is C[C@H](N(Cc1ccc(F)cc1)C(=O)CN1C(=O)N[C@]2(C[C@@H](F)c3cc(Br)c(F)cc32)C1=O)C(F)(F)F. The molecule has 0 aromatic heterocycles. The molecule has 1 spiro atoms. The van der Waals surface area contributed by atoms with Gasteiger partial charge in [0.25, 0.3) is 5.91 Å². The Hall–Kier alpha value is -3.09. The van der Waals surface area contributed by atoms with E-state index in [1.165, 1.54) is 12.1 Å². The van der Waals surface area contributed by atoms with Crippen LogP contribution in [0, 0.1) is 11.6 Å². The largest absolute Gasteiger partial charge is 0.408 e. The van der Waals surface area contributed by atoms with Gasteiger partial charge in [0.2, 0.25) is 5.91 Å². The summed E-state index contributed by atoms with van der Waals surface area (Å²) in [5, 5.41) is 2.30. The zero-order valence-electron chi connectivity index (χ0n) is 18.5. The minimum atomic E-state index is -4.84. The minimum absolute atomic E-state index is 0.0336. The first-order valence-corrected chi connectivity index (χ1v) is 11.4. The number of amides is 4. The highest BCUT2D eigenvalue weighted by molar-refractivity contribution is 9.10. The molecule has 2 aromatic carbocycles. The smallest absolute Gasteiger partial charge is 0.325 e. The van der Waals surface area contributed by atoms with E-state index < -0.39 is 72.9 Å². The molecule has 0 unspecified atom stereocenters. The molecule has 1 fully saturated rings. The Labute approximate surface area is 209 Å². The van der Waals surface area contributed by atoms with Gasteiger partial charge in [-0.3, -0.25) is 14.5 Å². The molecule has 1 heterocycles. The van der Waals surface area contributed by atoms with E-state index in [1.54, 1.807) is 0 Å². The maximum atomic E-state index is 14.8. The topological polar surface area (TPSA) is 69.7 Å². The van der Waals surface area contributed by atoms with Crippen molar-refractivity contribution in [3.63, 3.8) is 0 Å². The molecule has 4 amide bonds. The summed E-state index contributed by atoms with van der Waals surface area (Å²) < 4.78 is 82.7. The van der Waals surface area contributed by atoms with E-state index >= 15 is 0 Å². The summed E-state index contributed by atoms with van der Waals surface area (Å²) in [6.07, 6.45) is -7.14. The van der Waals surface area contributed by atoms with Gasteiger partial charge in [-0.2, -0.15) is 13.2 Å². The lowest BCUT2D eigenvalue weighted by molar-refractivity contribution is -0.187. The summed E-state index contributed by atoms with van der Waals surface area (Å²) in [7, 11) is 0. The Kier molecular flexibility index (Phi) is 6.56. The van der Waals surface area contributed by atoms with Gasteiger partial charge in [0.1, 0.15) is 35.9 Å². The third kappa shape index (κ3) is 4.44. The number of rotatable bonds is 5. The maximum absolute atomic E-state index is 14.8. The Morgan fingerprint density at radius 1 is 1.22 bits per heavy atom. The van der Waals surface area contributed by atoms with Crippen molar-refractivity contribution in [1.29, 1.82) is 0 Å². The summed E-state index contributed by atoms with van der Waals surface area (Å²) in [5.74, 6) is -3.74. The standard InChI is InChI=1S/C23H18BrF6N3O3/c1-11(23(28,29)30)32(9-12-2-4-13(25)5-3-12)19(34)10-33-20(35)22(31-21(33)36)8-18(27)14-6-16(24)17(26)7-15(14)22/h2-7,11,18H,8-10H2,1H3,(H,31,36)/t11-,18+,22-/m0/s1. The predicted molar refractivity (Wildman–Crippen MR) is 117 cm³/mol. The normalized spacial score (nSPS) is 22.1. The number of halogens is 7. The van der Waals surface area contributed by atoms with E-state index in [0.717, 1.165) is 31.2 Å². The molecule has 36 heavy (non-hydrogen) atoms. The van der Waals surface area contributed by atoms with Crippen LogP contribution >= 0.6 is 15.9 Å². The quantitative estimate of drug-likeness (QED) is 0.407. The second-order valence-corrected chi connectivity index (χ2v) is 9.47. The van der Waals surface area contributed by atoms with Crippen LogP contribution in [0.3, 0.4) is 0 Å². The number of fused-ring (bicyclic) bond motifs is 2. The highest BCUT2D eigenvalue weighted by Crippen LogP contribution is 2.49.